The molecular weight excluding hydrogens is 376 g/mol. The number of rotatable bonds is 23. The molecule has 4 heteroatoms. The van der Waals surface area contributed by atoms with Gasteiger partial charge in [-0.15, -0.1) is 0 Å². The highest BCUT2D eigenvalue weighted by atomic mass is 16.7. The van der Waals surface area contributed by atoms with Crippen LogP contribution in [0, 0.1) is 0 Å². The van der Waals surface area contributed by atoms with Gasteiger partial charge in [-0.3, -0.25) is 4.79 Å². The molecule has 0 amide bonds. The van der Waals surface area contributed by atoms with Gasteiger partial charge < -0.3 is 15.3 Å². The molecular formula is C26H50O4. The average Bonchev–Trinajstić information content (AvgIpc) is 2.68. The molecule has 0 aromatic carbocycles. The number of ketones is 1. The molecule has 0 aliphatic rings. The monoisotopic (exact) mass is 426 g/mol. The molecule has 0 rings (SSSR count). The summed E-state index contributed by atoms with van der Waals surface area (Å²) < 4.78 is 0. The van der Waals surface area contributed by atoms with E-state index in [9.17, 15) is 4.79 Å². The third-order valence-electron chi connectivity index (χ3n) is 5.69. The third kappa shape index (κ3) is 25.3. The van der Waals surface area contributed by atoms with Crippen LogP contribution in [0.2, 0.25) is 0 Å². The zero-order valence-electron chi connectivity index (χ0n) is 19.8. The minimum Gasteiger partial charge on any atom is -0.344 e. The fourth-order valence-electron chi connectivity index (χ4n) is 3.75. The lowest BCUT2D eigenvalue weighted by Crippen LogP contribution is -2.26. The van der Waals surface area contributed by atoms with Gasteiger partial charge >= 0.3 is 0 Å². The molecule has 0 bridgehead atoms. The Labute approximate surface area is 186 Å². The van der Waals surface area contributed by atoms with Gasteiger partial charge in [0.1, 0.15) is 5.78 Å². The number of carbonyl (C=O) groups excluding carboxylic acids is 1. The maximum Gasteiger partial charge on any atom is 0.275 e. The van der Waals surface area contributed by atoms with E-state index in [1.54, 1.807) is 0 Å². The number of Topliss-reactive ketones (excluding diaryl/α,β-unsaturated/α-hetero) is 1. The van der Waals surface area contributed by atoms with Crippen molar-refractivity contribution in [1.82, 2.24) is 0 Å². The molecule has 0 aromatic rings. The van der Waals surface area contributed by atoms with Crippen molar-refractivity contribution in [2.75, 3.05) is 0 Å². The fraction of sp³-hybridized carbons (Fsp3) is 0.885. The predicted molar refractivity (Wildman–Crippen MR) is 126 cm³/mol. The highest BCUT2D eigenvalue weighted by Crippen LogP contribution is 2.14. The van der Waals surface area contributed by atoms with E-state index in [0.717, 1.165) is 12.8 Å². The summed E-state index contributed by atoms with van der Waals surface area (Å²) in [5.41, 5.74) is 0. The van der Waals surface area contributed by atoms with Gasteiger partial charge in [0, 0.05) is 19.3 Å². The van der Waals surface area contributed by atoms with Crippen LogP contribution in [0.1, 0.15) is 142 Å². The first-order chi connectivity index (χ1) is 14.5. The van der Waals surface area contributed by atoms with Crippen molar-refractivity contribution in [3.05, 3.63) is 12.2 Å². The number of unbranched alkanes of at least 4 members (excludes halogenated alkanes) is 15. The van der Waals surface area contributed by atoms with E-state index < -0.39 is 5.97 Å². The Bertz CT molecular complexity index is 398. The van der Waals surface area contributed by atoms with Gasteiger partial charge in [-0.2, -0.15) is 0 Å². The molecule has 0 saturated heterocycles. The van der Waals surface area contributed by atoms with Crippen molar-refractivity contribution in [3.8, 4) is 0 Å². The second kappa shape index (κ2) is 21.5. The van der Waals surface area contributed by atoms with Gasteiger partial charge in [-0.1, -0.05) is 96.1 Å². The van der Waals surface area contributed by atoms with E-state index in [2.05, 4.69) is 19.1 Å². The highest BCUT2D eigenvalue weighted by Gasteiger charge is 2.17. The Morgan fingerprint density at radius 3 is 1.47 bits per heavy atom. The molecule has 0 spiro atoms. The Balaban J connectivity index is 3.21. The van der Waals surface area contributed by atoms with Crippen LogP contribution >= 0.6 is 0 Å². The lowest BCUT2D eigenvalue weighted by atomic mass is 10.0. The van der Waals surface area contributed by atoms with Crippen molar-refractivity contribution in [2.24, 2.45) is 0 Å². The molecule has 0 heterocycles. The van der Waals surface area contributed by atoms with Crippen LogP contribution in [0.25, 0.3) is 0 Å². The maximum absolute atomic E-state index is 11.7. The van der Waals surface area contributed by atoms with Gasteiger partial charge in [0.2, 0.25) is 0 Å². The van der Waals surface area contributed by atoms with Crippen LogP contribution in [0.15, 0.2) is 12.2 Å². The minimum atomic E-state index is -2.63. The quantitative estimate of drug-likeness (QED) is 0.0938. The van der Waals surface area contributed by atoms with Gasteiger partial charge in [0.05, 0.1) is 0 Å². The molecule has 0 radical (unpaired) electrons. The lowest BCUT2D eigenvalue weighted by Gasteiger charge is -2.12. The van der Waals surface area contributed by atoms with Crippen molar-refractivity contribution in [3.63, 3.8) is 0 Å². The topological polar surface area (TPSA) is 77.8 Å². The molecule has 0 aromatic heterocycles. The third-order valence-corrected chi connectivity index (χ3v) is 5.69. The zero-order valence-corrected chi connectivity index (χ0v) is 19.8. The van der Waals surface area contributed by atoms with E-state index in [1.807, 2.05) is 0 Å². The van der Waals surface area contributed by atoms with Crippen molar-refractivity contribution in [2.45, 2.75) is 148 Å². The van der Waals surface area contributed by atoms with Crippen LogP contribution in [0.4, 0.5) is 0 Å². The Kier molecular flexibility index (Phi) is 21.0. The van der Waals surface area contributed by atoms with Gasteiger partial charge in [-0.25, -0.2) is 0 Å². The molecule has 0 fully saturated rings. The molecule has 178 valence electrons. The van der Waals surface area contributed by atoms with Crippen LogP contribution in [0.5, 0.6) is 0 Å². The van der Waals surface area contributed by atoms with Crippen molar-refractivity contribution in [1.29, 1.82) is 0 Å². The van der Waals surface area contributed by atoms with Gasteiger partial charge in [0.25, 0.3) is 5.97 Å². The molecule has 3 N–H and O–H groups in total. The summed E-state index contributed by atoms with van der Waals surface area (Å²) in [7, 11) is 0. The number of hydrogen-bond acceptors (Lipinski definition) is 4. The highest BCUT2D eigenvalue weighted by molar-refractivity contribution is 5.78. The summed E-state index contributed by atoms with van der Waals surface area (Å²) in [6.07, 6.45) is 27.7. The number of allylic oxidation sites excluding steroid dienone is 2. The maximum atomic E-state index is 11.7. The summed E-state index contributed by atoms with van der Waals surface area (Å²) in [6, 6.07) is 0. The zero-order chi connectivity index (χ0) is 22.3. The predicted octanol–water partition coefficient (Wildman–Crippen LogP) is 6.95. The summed E-state index contributed by atoms with van der Waals surface area (Å²) in [6.45, 7) is 2.27. The van der Waals surface area contributed by atoms with Crippen molar-refractivity contribution >= 4 is 5.78 Å². The van der Waals surface area contributed by atoms with Crippen LogP contribution in [-0.4, -0.2) is 27.1 Å². The average molecular weight is 427 g/mol. The summed E-state index contributed by atoms with van der Waals surface area (Å²) in [4.78, 5) is 11.7. The van der Waals surface area contributed by atoms with E-state index in [1.165, 1.54) is 96.3 Å². The molecule has 30 heavy (non-hydrogen) atoms. The normalized spacial score (nSPS) is 12.1. The Morgan fingerprint density at radius 2 is 1.00 bits per heavy atom. The Hall–Kier alpha value is -0.710. The Morgan fingerprint density at radius 1 is 0.600 bits per heavy atom. The molecule has 0 unspecified atom stereocenters. The summed E-state index contributed by atoms with van der Waals surface area (Å²) in [5, 5.41) is 26.3. The van der Waals surface area contributed by atoms with Crippen LogP contribution < -0.4 is 0 Å². The number of carbonyl (C=O) groups is 1. The standard InChI is InChI=1S/C26H50O4/c1-2-3-4-5-6-7-8-9-10-11-12-13-14-15-16-17-18-19-20-22-25(27)23-21-24-26(28,29)30/h9-10,28-30H,2-8,11-24H2,1H3/b10-9-. The SMILES string of the molecule is CCCCCCCC/C=C\CCCCCCCCCCCC(=O)CCCC(O)(O)O. The molecule has 4 nitrogen and oxygen atoms in total. The van der Waals surface area contributed by atoms with Crippen LogP contribution in [-0.2, 0) is 4.79 Å². The largest absolute Gasteiger partial charge is 0.344 e. The second-order valence-corrected chi connectivity index (χ2v) is 8.92. The first-order valence-corrected chi connectivity index (χ1v) is 12.8. The van der Waals surface area contributed by atoms with E-state index in [4.69, 9.17) is 15.3 Å². The van der Waals surface area contributed by atoms with Gasteiger partial charge in [-0.05, 0) is 38.5 Å². The smallest absolute Gasteiger partial charge is 0.275 e. The van der Waals surface area contributed by atoms with Gasteiger partial charge in [0.15, 0.2) is 0 Å². The summed E-state index contributed by atoms with van der Waals surface area (Å²) in [5.74, 6) is -2.48. The number of aliphatic hydroxyl groups is 3. The van der Waals surface area contributed by atoms with Crippen LogP contribution in [0.3, 0.4) is 0 Å². The number of hydrogen-bond donors (Lipinski definition) is 3. The molecule has 0 aliphatic carbocycles. The first-order valence-electron chi connectivity index (χ1n) is 12.8. The minimum absolute atomic E-state index is 0.153. The second-order valence-electron chi connectivity index (χ2n) is 8.92. The van der Waals surface area contributed by atoms with Crippen molar-refractivity contribution < 1.29 is 20.1 Å². The summed E-state index contributed by atoms with van der Waals surface area (Å²) >= 11 is 0. The molecule has 0 atom stereocenters. The van der Waals surface area contributed by atoms with E-state index >= 15 is 0 Å². The first kappa shape index (κ1) is 29.3. The molecule has 0 aliphatic heterocycles. The van der Waals surface area contributed by atoms with E-state index in [-0.39, 0.29) is 12.2 Å². The lowest BCUT2D eigenvalue weighted by molar-refractivity contribution is -0.314. The fourth-order valence-corrected chi connectivity index (χ4v) is 3.75. The molecule has 0 saturated carbocycles. The van der Waals surface area contributed by atoms with E-state index in [0.29, 0.717) is 19.3 Å².